The number of nitrogens with zero attached hydrogens (tertiary/aromatic N) is 1. The van der Waals surface area contributed by atoms with Crippen molar-refractivity contribution in [3.05, 3.63) is 29.6 Å². The van der Waals surface area contributed by atoms with Gasteiger partial charge in [-0.05, 0) is 37.5 Å². The number of benzene rings is 1. The van der Waals surface area contributed by atoms with Crippen molar-refractivity contribution in [1.82, 2.24) is 5.32 Å². The summed E-state index contributed by atoms with van der Waals surface area (Å²) in [6.45, 7) is 6.54. The maximum absolute atomic E-state index is 13.4. The van der Waals surface area contributed by atoms with Crippen LogP contribution in [0.25, 0.3) is 0 Å². The average molecular weight is 282 g/mol. The molecule has 3 nitrogen and oxygen atoms in total. The lowest BCUT2D eigenvalue weighted by molar-refractivity contribution is 0.0303. The molecular weight excluding hydrogens is 255 g/mol. The highest BCUT2D eigenvalue weighted by atomic mass is 19.1. The maximum Gasteiger partial charge on any atom is 0.125 e. The molecule has 0 aromatic heterocycles. The first-order chi connectivity index (χ1) is 9.33. The molecule has 1 unspecified atom stereocenters. The average Bonchev–Trinajstić information content (AvgIpc) is 2.44. The Labute approximate surface area is 121 Å². The Morgan fingerprint density at radius 1 is 1.30 bits per heavy atom. The van der Waals surface area contributed by atoms with Crippen LogP contribution in [0.3, 0.4) is 0 Å². The van der Waals surface area contributed by atoms with Crippen molar-refractivity contribution in [3.63, 3.8) is 0 Å². The van der Waals surface area contributed by atoms with Crippen molar-refractivity contribution in [2.24, 2.45) is 0 Å². The minimum absolute atomic E-state index is 0.0534. The van der Waals surface area contributed by atoms with Crippen LogP contribution >= 0.6 is 0 Å². The Bertz CT molecular complexity index is 430. The Morgan fingerprint density at radius 2 is 1.90 bits per heavy atom. The van der Waals surface area contributed by atoms with E-state index in [1.807, 2.05) is 39.8 Å². The molecule has 0 saturated carbocycles. The summed E-state index contributed by atoms with van der Waals surface area (Å²) in [6.07, 6.45) is 1.43. The zero-order valence-electron chi connectivity index (χ0n) is 13.2. The Balaban J connectivity index is 2.85. The number of hydrogen-bond acceptors (Lipinski definition) is 3. The molecule has 1 rings (SSSR count). The molecular formula is C16H27FN2O. The topological polar surface area (TPSA) is 35.5 Å². The van der Waals surface area contributed by atoms with Crippen LogP contribution in [0.15, 0.2) is 18.2 Å². The molecule has 0 saturated heterocycles. The predicted molar refractivity (Wildman–Crippen MR) is 82.7 cm³/mol. The monoisotopic (exact) mass is 282 g/mol. The molecule has 0 fully saturated rings. The van der Waals surface area contributed by atoms with Gasteiger partial charge in [0.2, 0.25) is 0 Å². The Morgan fingerprint density at radius 3 is 2.40 bits per heavy atom. The predicted octanol–water partition coefficient (Wildman–Crippen LogP) is 3.09. The van der Waals surface area contributed by atoms with Crippen LogP contribution in [-0.2, 0) is 0 Å². The van der Waals surface area contributed by atoms with E-state index in [-0.39, 0.29) is 11.9 Å². The molecule has 114 valence electrons. The van der Waals surface area contributed by atoms with E-state index in [2.05, 4.69) is 5.32 Å². The standard InChI is InChI=1S/C16H27FN2O/c1-6-16(20,7-2)11-18-12(3)14-9-8-13(17)10-15(14)19(4)5/h8-10,12,18,20H,6-7,11H2,1-5H3. The highest BCUT2D eigenvalue weighted by Gasteiger charge is 2.23. The summed E-state index contributed by atoms with van der Waals surface area (Å²) in [6, 6.07) is 4.88. The fourth-order valence-electron chi connectivity index (χ4n) is 2.22. The molecule has 0 aliphatic heterocycles. The van der Waals surface area contributed by atoms with Crippen molar-refractivity contribution in [2.75, 3.05) is 25.5 Å². The second kappa shape index (κ2) is 7.04. The van der Waals surface area contributed by atoms with Gasteiger partial charge >= 0.3 is 0 Å². The summed E-state index contributed by atoms with van der Waals surface area (Å²) in [7, 11) is 3.80. The molecule has 0 heterocycles. The van der Waals surface area contributed by atoms with Crippen molar-refractivity contribution in [2.45, 2.75) is 45.3 Å². The van der Waals surface area contributed by atoms with E-state index < -0.39 is 5.60 Å². The van der Waals surface area contributed by atoms with Gasteiger partial charge in [0.25, 0.3) is 0 Å². The van der Waals surface area contributed by atoms with Gasteiger partial charge in [0.15, 0.2) is 0 Å². The van der Waals surface area contributed by atoms with Gasteiger partial charge in [-0.15, -0.1) is 0 Å². The van der Waals surface area contributed by atoms with Gasteiger partial charge in [0.05, 0.1) is 5.60 Å². The third kappa shape index (κ3) is 4.18. The number of anilines is 1. The summed E-state index contributed by atoms with van der Waals surface area (Å²) in [4.78, 5) is 1.91. The lowest BCUT2D eigenvalue weighted by atomic mass is 9.96. The number of aliphatic hydroxyl groups is 1. The SMILES string of the molecule is CCC(O)(CC)CNC(C)c1ccc(F)cc1N(C)C. The third-order valence-electron chi connectivity index (χ3n) is 3.99. The second-order valence-corrected chi connectivity index (χ2v) is 5.63. The molecule has 0 aliphatic carbocycles. The van der Waals surface area contributed by atoms with E-state index in [1.165, 1.54) is 6.07 Å². The molecule has 2 N–H and O–H groups in total. The molecule has 4 heteroatoms. The van der Waals surface area contributed by atoms with Crippen LogP contribution in [0, 0.1) is 5.82 Å². The van der Waals surface area contributed by atoms with E-state index in [4.69, 9.17) is 0 Å². The van der Waals surface area contributed by atoms with E-state index in [0.717, 1.165) is 11.3 Å². The van der Waals surface area contributed by atoms with Gasteiger partial charge in [-0.1, -0.05) is 19.9 Å². The third-order valence-corrected chi connectivity index (χ3v) is 3.99. The zero-order chi connectivity index (χ0) is 15.3. The molecule has 0 radical (unpaired) electrons. The normalized spacial score (nSPS) is 13.3. The number of rotatable bonds is 7. The first-order valence-corrected chi connectivity index (χ1v) is 7.25. The molecule has 20 heavy (non-hydrogen) atoms. The van der Waals surface area contributed by atoms with E-state index >= 15 is 0 Å². The Kier molecular flexibility index (Phi) is 5.96. The zero-order valence-corrected chi connectivity index (χ0v) is 13.2. The van der Waals surface area contributed by atoms with Crippen LogP contribution in [0.2, 0.25) is 0 Å². The van der Waals surface area contributed by atoms with Crippen molar-refractivity contribution < 1.29 is 9.50 Å². The van der Waals surface area contributed by atoms with Crippen LogP contribution in [0.4, 0.5) is 10.1 Å². The van der Waals surface area contributed by atoms with E-state index in [9.17, 15) is 9.50 Å². The maximum atomic E-state index is 13.4. The van der Waals surface area contributed by atoms with Crippen molar-refractivity contribution >= 4 is 5.69 Å². The molecule has 1 aromatic carbocycles. The van der Waals surface area contributed by atoms with Gasteiger partial charge in [-0.25, -0.2) is 4.39 Å². The lowest BCUT2D eigenvalue weighted by Gasteiger charge is -2.29. The Hall–Kier alpha value is -1.13. The molecule has 0 bridgehead atoms. The smallest absolute Gasteiger partial charge is 0.125 e. The molecule has 0 amide bonds. The van der Waals surface area contributed by atoms with Crippen molar-refractivity contribution in [3.8, 4) is 0 Å². The highest BCUT2D eigenvalue weighted by Crippen LogP contribution is 2.26. The summed E-state index contributed by atoms with van der Waals surface area (Å²) in [5.74, 6) is -0.233. The summed E-state index contributed by atoms with van der Waals surface area (Å²) >= 11 is 0. The largest absolute Gasteiger partial charge is 0.389 e. The number of nitrogens with one attached hydrogen (secondary N) is 1. The molecule has 0 aliphatic rings. The fourth-order valence-corrected chi connectivity index (χ4v) is 2.22. The van der Waals surface area contributed by atoms with Gasteiger partial charge in [0.1, 0.15) is 5.82 Å². The van der Waals surface area contributed by atoms with Gasteiger partial charge in [-0.2, -0.15) is 0 Å². The van der Waals surface area contributed by atoms with E-state index in [0.29, 0.717) is 19.4 Å². The van der Waals surface area contributed by atoms with E-state index in [1.54, 1.807) is 12.1 Å². The molecule has 1 atom stereocenters. The van der Waals surface area contributed by atoms with Crippen LogP contribution in [-0.4, -0.2) is 31.3 Å². The summed E-state index contributed by atoms with van der Waals surface area (Å²) < 4.78 is 13.4. The van der Waals surface area contributed by atoms with Crippen molar-refractivity contribution in [1.29, 1.82) is 0 Å². The van der Waals surface area contributed by atoms with Crippen LogP contribution in [0.5, 0.6) is 0 Å². The van der Waals surface area contributed by atoms with Crippen LogP contribution in [0.1, 0.15) is 45.2 Å². The van der Waals surface area contributed by atoms with Gasteiger partial charge in [-0.3, -0.25) is 0 Å². The summed E-state index contributed by atoms with van der Waals surface area (Å²) in [5.41, 5.74) is 1.22. The quantitative estimate of drug-likeness (QED) is 0.806. The number of halogens is 1. The van der Waals surface area contributed by atoms with Gasteiger partial charge < -0.3 is 15.3 Å². The van der Waals surface area contributed by atoms with Crippen LogP contribution < -0.4 is 10.2 Å². The first kappa shape index (κ1) is 16.9. The highest BCUT2D eigenvalue weighted by molar-refractivity contribution is 5.54. The second-order valence-electron chi connectivity index (χ2n) is 5.63. The minimum Gasteiger partial charge on any atom is -0.389 e. The lowest BCUT2D eigenvalue weighted by Crippen LogP contribution is -2.40. The summed E-state index contributed by atoms with van der Waals surface area (Å²) in [5, 5.41) is 13.7. The van der Waals surface area contributed by atoms with Gasteiger partial charge in [0, 0.05) is 32.4 Å². The number of hydrogen-bond donors (Lipinski definition) is 2. The molecule has 0 spiro atoms. The fraction of sp³-hybridized carbons (Fsp3) is 0.625. The first-order valence-electron chi connectivity index (χ1n) is 7.25. The molecule has 1 aromatic rings. The minimum atomic E-state index is -0.674.